The molecule has 1 aromatic rings. The van der Waals surface area contributed by atoms with Crippen molar-refractivity contribution >= 4 is 17.8 Å². The van der Waals surface area contributed by atoms with Crippen LogP contribution < -0.4 is 5.32 Å². The van der Waals surface area contributed by atoms with Crippen molar-refractivity contribution in [2.24, 2.45) is 5.92 Å². The smallest absolute Gasteiger partial charge is 0.311 e. The van der Waals surface area contributed by atoms with Crippen LogP contribution in [-0.4, -0.2) is 41.9 Å². The van der Waals surface area contributed by atoms with Gasteiger partial charge < -0.3 is 15.0 Å². The maximum Gasteiger partial charge on any atom is 0.311 e. The van der Waals surface area contributed by atoms with Gasteiger partial charge in [-0.1, -0.05) is 49.6 Å². The number of benzene rings is 1. The average Bonchev–Trinajstić information content (AvgIpc) is 3.09. The highest BCUT2D eigenvalue weighted by Gasteiger charge is 2.39. The summed E-state index contributed by atoms with van der Waals surface area (Å²) in [6.45, 7) is 1.99. The first-order valence-electron chi connectivity index (χ1n) is 9.85. The summed E-state index contributed by atoms with van der Waals surface area (Å²) in [5, 5.41) is 2.82. The van der Waals surface area contributed by atoms with Gasteiger partial charge in [-0.3, -0.25) is 14.4 Å². The number of hydrogen-bond acceptors (Lipinski definition) is 4. The Morgan fingerprint density at radius 2 is 1.89 bits per heavy atom. The number of likely N-dealkylation sites (tertiary alicyclic amines) is 1. The highest BCUT2D eigenvalue weighted by Crippen LogP contribution is 2.29. The molecule has 1 saturated heterocycles. The van der Waals surface area contributed by atoms with Crippen LogP contribution in [0, 0.1) is 5.92 Å². The van der Waals surface area contributed by atoms with E-state index in [9.17, 15) is 14.4 Å². The highest BCUT2D eigenvalue weighted by molar-refractivity contribution is 5.88. The Kier molecular flexibility index (Phi) is 6.48. The molecule has 1 heterocycles. The molecule has 2 fully saturated rings. The minimum absolute atomic E-state index is 0.0333. The van der Waals surface area contributed by atoms with Gasteiger partial charge in [-0.15, -0.1) is 0 Å². The zero-order valence-electron chi connectivity index (χ0n) is 15.9. The third-order valence-electron chi connectivity index (χ3n) is 5.53. The molecule has 0 bridgehead atoms. The Bertz CT molecular complexity index is 670. The van der Waals surface area contributed by atoms with Crippen LogP contribution in [0.4, 0.5) is 0 Å². The Labute approximate surface area is 160 Å². The third-order valence-corrected chi connectivity index (χ3v) is 5.53. The van der Waals surface area contributed by atoms with Gasteiger partial charge in [-0.2, -0.15) is 0 Å². The van der Waals surface area contributed by atoms with Gasteiger partial charge in [0.25, 0.3) is 5.91 Å². The molecule has 3 rings (SSSR count). The first-order valence-corrected chi connectivity index (χ1v) is 9.85. The zero-order valence-corrected chi connectivity index (χ0v) is 15.9. The summed E-state index contributed by atoms with van der Waals surface area (Å²) in [4.78, 5) is 38.5. The number of esters is 1. The largest absolute Gasteiger partial charge is 0.455 e. The zero-order chi connectivity index (χ0) is 19.2. The molecule has 0 aromatic heterocycles. The van der Waals surface area contributed by atoms with Crippen LogP contribution in [-0.2, 0) is 19.1 Å². The second-order valence-corrected chi connectivity index (χ2v) is 7.55. The number of carbonyl (C=O) groups is 3. The van der Waals surface area contributed by atoms with E-state index in [2.05, 4.69) is 5.32 Å². The minimum atomic E-state index is -0.459. The molecule has 0 spiro atoms. The molecule has 0 radical (unpaired) electrons. The number of rotatable bonds is 6. The van der Waals surface area contributed by atoms with Gasteiger partial charge in [0, 0.05) is 19.0 Å². The predicted octanol–water partition coefficient (Wildman–Crippen LogP) is 2.59. The number of amides is 2. The van der Waals surface area contributed by atoms with E-state index in [1.54, 1.807) is 0 Å². The van der Waals surface area contributed by atoms with E-state index in [0.717, 1.165) is 31.2 Å². The molecule has 1 N–H and O–H groups in total. The molecule has 0 unspecified atom stereocenters. The SMILES string of the molecule is C[C@@H](NC(=O)COC(=O)[C@@H]1CC(=O)N(C2CCCCC2)C1)c1ccccc1. The van der Waals surface area contributed by atoms with Gasteiger partial charge in [0.05, 0.1) is 12.0 Å². The van der Waals surface area contributed by atoms with Gasteiger partial charge in [-0.25, -0.2) is 0 Å². The Hall–Kier alpha value is -2.37. The van der Waals surface area contributed by atoms with E-state index in [1.165, 1.54) is 6.42 Å². The fourth-order valence-corrected chi connectivity index (χ4v) is 4.00. The normalized spacial score (nSPS) is 21.7. The van der Waals surface area contributed by atoms with Crippen molar-refractivity contribution in [3.63, 3.8) is 0 Å². The van der Waals surface area contributed by atoms with Crippen molar-refractivity contribution in [3.05, 3.63) is 35.9 Å². The quantitative estimate of drug-likeness (QED) is 0.779. The molecular formula is C21H28N2O4. The van der Waals surface area contributed by atoms with Gasteiger partial charge in [0.15, 0.2) is 6.61 Å². The average molecular weight is 372 g/mol. The summed E-state index contributed by atoms with van der Waals surface area (Å²) < 4.78 is 5.18. The van der Waals surface area contributed by atoms with Gasteiger partial charge in [-0.05, 0) is 25.3 Å². The summed E-state index contributed by atoms with van der Waals surface area (Å²) >= 11 is 0. The Balaban J connectivity index is 1.43. The lowest BCUT2D eigenvalue weighted by Crippen LogP contribution is -2.38. The fourth-order valence-electron chi connectivity index (χ4n) is 4.00. The van der Waals surface area contributed by atoms with Crippen molar-refractivity contribution in [3.8, 4) is 0 Å². The number of nitrogens with zero attached hydrogens (tertiary/aromatic N) is 1. The molecular weight excluding hydrogens is 344 g/mol. The predicted molar refractivity (Wildman–Crippen MR) is 101 cm³/mol. The summed E-state index contributed by atoms with van der Waals surface area (Å²) in [6.07, 6.45) is 5.74. The van der Waals surface area contributed by atoms with Gasteiger partial charge >= 0.3 is 5.97 Å². The second kappa shape index (κ2) is 9.02. The standard InChI is InChI=1S/C21H28N2O4/c1-15(16-8-4-2-5-9-16)22-19(24)14-27-21(26)17-12-20(25)23(13-17)18-10-6-3-7-11-18/h2,4-5,8-9,15,17-18H,3,6-7,10-14H2,1H3,(H,22,24)/t15-,17-/m1/s1. The van der Waals surface area contributed by atoms with Gasteiger partial charge in [0.1, 0.15) is 0 Å². The van der Waals surface area contributed by atoms with Crippen LogP contribution in [0.1, 0.15) is 57.1 Å². The summed E-state index contributed by atoms with van der Waals surface area (Å²) in [7, 11) is 0. The molecule has 1 saturated carbocycles. The fraction of sp³-hybridized carbons (Fsp3) is 0.571. The lowest BCUT2D eigenvalue weighted by Gasteiger charge is -2.31. The molecule has 27 heavy (non-hydrogen) atoms. The van der Waals surface area contributed by atoms with E-state index in [1.807, 2.05) is 42.2 Å². The number of carbonyl (C=O) groups excluding carboxylic acids is 3. The van der Waals surface area contributed by atoms with E-state index in [4.69, 9.17) is 4.74 Å². The van der Waals surface area contributed by atoms with Crippen molar-refractivity contribution in [2.75, 3.05) is 13.2 Å². The monoisotopic (exact) mass is 372 g/mol. The van der Waals surface area contributed by atoms with Crippen molar-refractivity contribution in [2.45, 2.75) is 57.5 Å². The molecule has 2 aliphatic rings. The third kappa shape index (κ3) is 5.08. The lowest BCUT2D eigenvalue weighted by atomic mass is 9.94. The summed E-state index contributed by atoms with van der Waals surface area (Å²) in [5.41, 5.74) is 0.988. The van der Waals surface area contributed by atoms with E-state index in [0.29, 0.717) is 6.54 Å². The maximum absolute atomic E-state index is 12.3. The first kappa shape index (κ1) is 19.4. The molecule has 2 atom stereocenters. The topological polar surface area (TPSA) is 75.7 Å². The van der Waals surface area contributed by atoms with Crippen LogP contribution in [0.25, 0.3) is 0 Å². The van der Waals surface area contributed by atoms with Crippen molar-refractivity contribution in [1.29, 1.82) is 0 Å². The molecule has 1 aromatic carbocycles. The molecule has 1 aliphatic carbocycles. The van der Waals surface area contributed by atoms with Crippen molar-refractivity contribution < 1.29 is 19.1 Å². The molecule has 2 amide bonds. The maximum atomic E-state index is 12.3. The van der Waals surface area contributed by atoms with E-state index in [-0.39, 0.29) is 36.9 Å². The molecule has 6 heteroatoms. The number of nitrogens with one attached hydrogen (secondary N) is 1. The van der Waals surface area contributed by atoms with Crippen LogP contribution >= 0.6 is 0 Å². The van der Waals surface area contributed by atoms with Gasteiger partial charge in [0.2, 0.25) is 5.91 Å². The van der Waals surface area contributed by atoms with Crippen molar-refractivity contribution in [1.82, 2.24) is 10.2 Å². The summed E-state index contributed by atoms with van der Waals surface area (Å²) in [5.74, 6) is -1.22. The molecule has 6 nitrogen and oxygen atoms in total. The first-order chi connectivity index (χ1) is 13.0. The summed E-state index contributed by atoms with van der Waals surface area (Å²) in [6, 6.07) is 9.70. The van der Waals surface area contributed by atoms with E-state index >= 15 is 0 Å². The Morgan fingerprint density at radius 3 is 2.59 bits per heavy atom. The number of ether oxygens (including phenoxy) is 1. The number of hydrogen-bond donors (Lipinski definition) is 1. The second-order valence-electron chi connectivity index (χ2n) is 7.55. The minimum Gasteiger partial charge on any atom is -0.455 e. The Morgan fingerprint density at radius 1 is 1.19 bits per heavy atom. The highest BCUT2D eigenvalue weighted by atomic mass is 16.5. The van der Waals surface area contributed by atoms with Crippen LogP contribution in [0.5, 0.6) is 0 Å². The van der Waals surface area contributed by atoms with E-state index < -0.39 is 11.9 Å². The molecule has 1 aliphatic heterocycles. The van der Waals surface area contributed by atoms with Crippen LogP contribution in [0.3, 0.4) is 0 Å². The lowest BCUT2D eigenvalue weighted by molar-refractivity contribution is -0.152. The van der Waals surface area contributed by atoms with Crippen LogP contribution in [0.2, 0.25) is 0 Å². The van der Waals surface area contributed by atoms with Crippen LogP contribution in [0.15, 0.2) is 30.3 Å². The molecule has 146 valence electrons.